The summed E-state index contributed by atoms with van der Waals surface area (Å²) < 4.78 is 6.20. The first-order valence-electron chi connectivity index (χ1n) is 13.9. The van der Waals surface area contributed by atoms with Crippen LogP contribution in [0.1, 0.15) is 68.1 Å². The van der Waals surface area contributed by atoms with Gasteiger partial charge in [0, 0.05) is 54.5 Å². The summed E-state index contributed by atoms with van der Waals surface area (Å²) in [7, 11) is 0. The van der Waals surface area contributed by atoms with Crippen LogP contribution in [0.4, 0.5) is 5.69 Å². The molecule has 2 saturated heterocycles. The first-order chi connectivity index (χ1) is 17.2. The number of pyridine rings is 1. The maximum Gasteiger partial charge on any atom is 0.251 e. The lowest BCUT2D eigenvalue weighted by Gasteiger charge is -2.56. The molecule has 2 aromatic rings. The topological polar surface area (TPSA) is 54.5 Å². The summed E-state index contributed by atoms with van der Waals surface area (Å²) in [5.41, 5.74) is 2.67. The number of amides is 1. The third kappa shape index (κ3) is 3.06. The molecule has 7 atom stereocenters. The molecule has 182 valence electrons. The highest BCUT2D eigenvalue weighted by molar-refractivity contribution is 5.95. The van der Waals surface area contributed by atoms with Gasteiger partial charge < -0.3 is 15.0 Å². The van der Waals surface area contributed by atoms with Crippen molar-refractivity contribution in [3.63, 3.8) is 0 Å². The summed E-state index contributed by atoms with van der Waals surface area (Å²) >= 11 is 0. The largest absolute Gasteiger partial charge is 0.474 e. The van der Waals surface area contributed by atoms with E-state index in [9.17, 15) is 4.79 Å². The maximum atomic E-state index is 13.2. The van der Waals surface area contributed by atoms with Crippen LogP contribution < -0.4 is 15.0 Å². The van der Waals surface area contributed by atoms with Gasteiger partial charge in [0.05, 0.1) is 0 Å². The number of nitrogens with zero attached hydrogens (tertiary/aromatic N) is 2. The molecule has 3 heterocycles. The van der Waals surface area contributed by atoms with Gasteiger partial charge in [0.15, 0.2) is 0 Å². The highest BCUT2D eigenvalue weighted by Crippen LogP contribution is 2.75. The van der Waals surface area contributed by atoms with Crippen LogP contribution in [0.15, 0.2) is 48.7 Å². The smallest absolute Gasteiger partial charge is 0.251 e. The molecule has 6 aliphatic rings. The van der Waals surface area contributed by atoms with E-state index < -0.39 is 0 Å². The van der Waals surface area contributed by atoms with E-state index in [2.05, 4.69) is 27.3 Å². The predicted octanol–water partition coefficient (Wildman–Crippen LogP) is 5.21. The van der Waals surface area contributed by atoms with Crippen LogP contribution in [0.2, 0.25) is 0 Å². The van der Waals surface area contributed by atoms with Gasteiger partial charge in [0.25, 0.3) is 5.91 Å². The van der Waals surface area contributed by atoms with Crippen molar-refractivity contribution in [2.45, 2.75) is 82.0 Å². The fourth-order valence-electron chi connectivity index (χ4n) is 9.85. The van der Waals surface area contributed by atoms with E-state index in [-0.39, 0.29) is 12.0 Å². The number of nitrogens with one attached hydrogen (secondary N) is 1. The Morgan fingerprint density at radius 2 is 1.63 bits per heavy atom. The first kappa shape index (κ1) is 20.6. The molecule has 8 rings (SSSR count). The number of aromatic nitrogens is 1. The van der Waals surface area contributed by atoms with Crippen molar-refractivity contribution in [3.8, 4) is 5.88 Å². The number of benzene rings is 1. The lowest BCUT2D eigenvalue weighted by Crippen LogP contribution is -2.62. The van der Waals surface area contributed by atoms with Crippen LogP contribution in [-0.2, 0) is 0 Å². The molecule has 4 aliphatic carbocycles. The highest BCUT2D eigenvalue weighted by Gasteiger charge is 2.71. The van der Waals surface area contributed by atoms with E-state index in [0.29, 0.717) is 23.5 Å². The Hall–Kier alpha value is -2.56. The van der Waals surface area contributed by atoms with Crippen molar-refractivity contribution in [1.29, 1.82) is 0 Å². The molecule has 6 fully saturated rings. The Morgan fingerprint density at radius 1 is 0.914 bits per heavy atom. The van der Waals surface area contributed by atoms with Crippen molar-refractivity contribution in [2.75, 3.05) is 4.90 Å². The molecule has 1 aromatic carbocycles. The molecule has 1 amide bonds. The average molecular weight is 470 g/mol. The second-order valence-electron chi connectivity index (χ2n) is 12.5. The van der Waals surface area contributed by atoms with Crippen molar-refractivity contribution in [3.05, 3.63) is 54.2 Å². The molecular formula is C30H35N3O2. The molecule has 2 aliphatic heterocycles. The number of rotatable bonds is 5. The summed E-state index contributed by atoms with van der Waals surface area (Å²) in [5, 5.41) is 3.49. The van der Waals surface area contributed by atoms with Crippen molar-refractivity contribution in [2.24, 2.45) is 29.1 Å². The molecule has 1 spiro atoms. The fraction of sp³-hybridized carbons (Fsp3) is 0.600. The van der Waals surface area contributed by atoms with Gasteiger partial charge >= 0.3 is 0 Å². The standard InChI is InChI=1S/C30H35N3O2/c34-29(32-28-25-12-18-11-19-13-26(28)30(25,16-18)17-19)20-4-6-21(7-5-20)33-22-8-9-23(33)15-24(14-22)35-27-3-1-2-10-31-27/h1-7,10,18-19,22-26,28H,8-9,11-17H2,(H,32,34)/t18?,19?,22-,23+,24?,25?,26?,28?,30?. The van der Waals surface area contributed by atoms with Gasteiger partial charge in [-0.25, -0.2) is 4.98 Å². The lowest BCUT2D eigenvalue weighted by atomic mass is 9.52. The third-order valence-electron chi connectivity index (χ3n) is 10.9. The van der Waals surface area contributed by atoms with E-state index >= 15 is 0 Å². The number of hydrogen-bond acceptors (Lipinski definition) is 4. The molecule has 5 unspecified atom stereocenters. The minimum Gasteiger partial charge on any atom is -0.474 e. The van der Waals surface area contributed by atoms with E-state index in [1.54, 1.807) is 6.20 Å². The maximum absolute atomic E-state index is 13.2. The number of carbonyl (C=O) groups is 1. The number of piperidine rings is 1. The molecule has 5 bridgehead atoms. The highest BCUT2D eigenvalue weighted by atomic mass is 16.5. The summed E-state index contributed by atoms with van der Waals surface area (Å²) in [6, 6.07) is 15.7. The van der Waals surface area contributed by atoms with Gasteiger partial charge in [0.2, 0.25) is 5.88 Å². The SMILES string of the molecule is O=C(NC1C2CC3CC4CC1C2(C3)C4)c1ccc(N2[C@@H]3CC[C@H]2CC(Oc2ccccn2)C3)cc1. The Balaban J connectivity index is 0.932. The molecule has 4 saturated carbocycles. The summed E-state index contributed by atoms with van der Waals surface area (Å²) in [4.78, 5) is 20.1. The minimum absolute atomic E-state index is 0.132. The third-order valence-corrected chi connectivity index (χ3v) is 10.9. The van der Waals surface area contributed by atoms with Gasteiger partial charge in [-0.3, -0.25) is 4.79 Å². The van der Waals surface area contributed by atoms with E-state index in [1.165, 1.54) is 50.6 Å². The van der Waals surface area contributed by atoms with E-state index in [4.69, 9.17) is 4.74 Å². The zero-order valence-electron chi connectivity index (χ0n) is 20.3. The normalized spacial score (nSPS) is 42.0. The Bertz CT molecular complexity index is 1100. The van der Waals surface area contributed by atoms with Crippen molar-refractivity contribution >= 4 is 11.6 Å². The van der Waals surface area contributed by atoms with Crippen LogP contribution in [0.3, 0.4) is 0 Å². The van der Waals surface area contributed by atoms with Crippen LogP contribution in [0.25, 0.3) is 0 Å². The van der Waals surface area contributed by atoms with E-state index in [0.717, 1.165) is 48.0 Å². The lowest BCUT2D eigenvalue weighted by molar-refractivity contribution is -0.0417. The molecule has 5 nitrogen and oxygen atoms in total. The van der Waals surface area contributed by atoms with Gasteiger partial charge in [-0.1, -0.05) is 6.07 Å². The molecular weight excluding hydrogens is 434 g/mol. The van der Waals surface area contributed by atoms with Crippen LogP contribution in [0, 0.1) is 29.1 Å². The van der Waals surface area contributed by atoms with Crippen LogP contribution >= 0.6 is 0 Å². The van der Waals surface area contributed by atoms with Gasteiger partial charge in [-0.05, 0) is 104 Å². The van der Waals surface area contributed by atoms with Crippen molar-refractivity contribution in [1.82, 2.24) is 10.3 Å². The molecule has 1 N–H and O–H groups in total. The Kier molecular flexibility index (Phi) is 4.40. The fourth-order valence-corrected chi connectivity index (χ4v) is 9.85. The quantitative estimate of drug-likeness (QED) is 0.653. The van der Waals surface area contributed by atoms with Crippen LogP contribution in [0.5, 0.6) is 5.88 Å². The number of anilines is 1. The zero-order chi connectivity index (χ0) is 23.1. The zero-order valence-corrected chi connectivity index (χ0v) is 20.3. The average Bonchev–Trinajstić information content (AvgIpc) is 3.38. The van der Waals surface area contributed by atoms with Gasteiger partial charge in [-0.15, -0.1) is 0 Å². The molecule has 1 aromatic heterocycles. The second-order valence-corrected chi connectivity index (χ2v) is 12.5. The molecule has 5 heteroatoms. The predicted molar refractivity (Wildman–Crippen MR) is 134 cm³/mol. The monoisotopic (exact) mass is 469 g/mol. The second kappa shape index (κ2) is 7.47. The summed E-state index contributed by atoms with van der Waals surface area (Å²) in [6.07, 6.45) is 13.6. The summed E-state index contributed by atoms with van der Waals surface area (Å²) in [5.74, 6) is 4.25. The number of ether oxygens (including phenoxy) is 1. The van der Waals surface area contributed by atoms with Gasteiger partial charge in [0.1, 0.15) is 6.10 Å². The number of fused-ring (bicyclic) bond motifs is 4. The first-order valence-corrected chi connectivity index (χ1v) is 13.9. The van der Waals surface area contributed by atoms with Gasteiger partial charge in [-0.2, -0.15) is 0 Å². The molecule has 0 radical (unpaired) electrons. The van der Waals surface area contributed by atoms with Crippen molar-refractivity contribution < 1.29 is 9.53 Å². The van der Waals surface area contributed by atoms with E-state index in [1.807, 2.05) is 30.3 Å². The molecule has 35 heavy (non-hydrogen) atoms. The summed E-state index contributed by atoms with van der Waals surface area (Å²) in [6.45, 7) is 0. The van der Waals surface area contributed by atoms with Crippen LogP contribution in [-0.4, -0.2) is 35.1 Å². The Labute approximate surface area is 207 Å². The number of carbonyl (C=O) groups excluding carboxylic acids is 1. The Morgan fingerprint density at radius 3 is 2.29 bits per heavy atom. The number of hydrogen-bond donors (Lipinski definition) is 1. The minimum atomic E-state index is 0.132.